The summed E-state index contributed by atoms with van der Waals surface area (Å²) in [5, 5.41) is 9.91. The monoisotopic (exact) mass is 628 g/mol. The van der Waals surface area contributed by atoms with Crippen LogP contribution in [0, 0.1) is 30.5 Å². The summed E-state index contributed by atoms with van der Waals surface area (Å²) in [5.41, 5.74) is 0.378. The van der Waals surface area contributed by atoms with Crippen molar-refractivity contribution in [2.24, 2.45) is 17.8 Å². The van der Waals surface area contributed by atoms with Crippen LogP contribution in [0.15, 0.2) is 36.5 Å². The third kappa shape index (κ3) is 6.50. The van der Waals surface area contributed by atoms with Crippen molar-refractivity contribution in [2.75, 3.05) is 13.2 Å². The molecule has 0 spiro atoms. The molecule has 0 bridgehead atoms. The van der Waals surface area contributed by atoms with Gasteiger partial charge in [-0.15, -0.1) is 0 Å². The quantitative estimate of drug-likeness (QED) is 0.140. The van der Waals surface area contributed by atoms with Crippen molar-refractivity contribution < 1.29 is 41.7 Å². The van der Waals surface area contributed by atoms with E-state index in [1.165, 1.54) is 12.1 Å². The van der Waals surface area contributed by atoms with Gasteiger partial charge in [-0.1, -0.05) is 13.3 Å². The van der Waals surface area contributed by atoms with Gasteiger partial charge in [0, 0.05) is 41.1 Å². The van der Waals surface area contributed by atoms with Gasteiger partial charge in [0.2, 0.25) is 11.8 Å². The lowest BCUT2D eigenvalue weighted by Crippen LogP contribution is -2.43. The first-order valence-corrected chi connectivity index (χ1v) is 15.4. The van der Waals surface area contributed by atoms with Gasteiger partial charge in [-0.05, 0) is 86.3 Å². The lowest BCUT2D eigenvalue weighted by molar-refractivity contribution is -0.146. The molecule has 0 aliphatic heterocycles. The number of alkyl halides is 3. The highest BCUT2D eigenvalue weighted by Crippen LogP contribution is 2.62. The van der Waals surface area contributed by atoms with Crippen LogP contribution in [0.25, 0.3) is 11.1 Å². The van der Waals surface area contributed by atoms with Crippen LogP contribution in [-0.2, 0) is 28.7 Å². The van der Waals surface area contributed by atoms with E-state index in [0.717, 1.165) is 30.0 Å². The van der Waals surface area contributed by atoms with Gasteiger partial charge in [0.05, 0.1) is 30.3 Å². The zero-order chi connectivity index (χ0) is 32.1. The fourth-order valence-electron chi connectivity index (χ4n) is 6.83. The summed E-state index contributed by atoms with van der Waals surface area (Å²) in [7, 11) is 0. The Bertz CT molecular complexity index is 1600. The number of carbonyl (C=O) groups is 1. The Balaban J connectivity index is 1.15. The van der Waals surface area contributed by atoms with Crippen LogP contribution in [0.1, 0.15) is 73.4 Å². The maximum absolute atomic E-state index is 15.0. The minimum atomic E-state index is -4.80. The second kappa shape index (κ2) is 11.9. The Morgan fingerprint density at radius 1 is 1.11 bits per heavy atom. The van der Waals surface area contributed by atoms with E-state index in [4.69, 9.17) is 14.2 Å². The molecule has 3 aliphatic rings. The van der Waals surface area contributed by atoms with Gasteiger partial charge in [-0.25, -0.2) is 14.4 Å². The SMILES string of the molecule is CCCCOC(=O)[C@H]1[C@@H]2Cc3cc(OCc4cc(-c5ccc(OC[C@H]6C[C@@](C)(O)C6)nc5C)c(C(F)(F)F)cc4F)ncc3[C@@H]21. The first-order chi connectivity index (χ1) is 21.3. The fourth-order valence-corrected chi connectivity index (χ4v) is 6.83. The number of aryl methyl sites for hydroxylation is 1. The molecule has 7 nitrogen and oxygen atoms in total. The normalized spacial score (nSPS) is 24.8. The third-order valence-electron chi connectivity index (χ3n) is 9.14. The maximum atomic E-state index is 15.0. The van der Waals surface area contributed by atoms with E-state index in [2.05, 4.69) is 9.97 Å². The number of carbonyl (C=O) groups excluding carboxylic acids is 1. The van der Waals surface area contributed by atoms with Crippen molar-refractivity contribution in [1.29, 1.82) is 0 Å². The Kier molecular flexibility index (Phi) is 8.26. The van der Waals surface area contributed by atoms with Crippen molar-refractivity contribution in [3.63, 3.8) is 0 Å². The van der Waals surface area contributed by atoms with Crippen LogP contribution in [0.5, 0.6) is 11.8 Å². The summed E-state index contributed by atoms with van der Waals surface area (Å²) >= 11 is 0. The highest BCUT2D eigenvalue weighted by atomic mass is 19.4. The third-order valence-corrected chi connectivity index (χ3v) is 9.14. The molecule has 2 saturated carbocycles. The number of ether oxygens (including phenoxy) is 3. The predicted molar refractivity (Wildman–Crippen MR) is 156 cm³/mol. The lowest BCUT2D eigenvalue weighted by atomic mass is 9.73. The first kappa shape index (κ1) is 31.3. The molecule has 0 amide bonds. The minimum absolute atomic E-state index is 0.0604. The van der Waals surface area contributed by atoms with E-state index < -0.39 is 23.2 Å². The van der Waals surface area contributed by atoms with Crippen LogP contribution in [0.3, 0.4) is 0 Å². The molecule has 2 heterocycles. The Hall–Kier alpha value is -3.73. The van der Waals surface area contributed by atoms with Gasteiger partial charge in [0.1, 0.15) is 12.4 Å². The Morgan fingerprint density at radius 2 is 1.89 bits per heavy atom. The smallest absolute Gasteiger partial charge is 0.417 e. The topological polar surface area (TPSA) is 90.8 Å². The van der Waals surface area contributed by atoms with E-state index in [1.807, 2.05) is 6.92 Å². The van der Waals surface area contributed by atoms with E-state index in [0.29, 0.717) is 44.2 Å². The van der Waals surface area contributed by atoms with Crippen LogP contribution >= 0.6 is 0 Å². The average Bonchev–Trinajstić information content (AvgIpc) is 3.55. The van der Waals surface area contributed by atoms with E-state index in [9.17, 15) is 23.1 Å². The average molecular weight is 629 g/mol. The number of nitrogens with zero attached hydrogens (tertiary/aromatic N) is 2. The molecule has 2 fully saturated rings. The molecule has 11 heteroatoms. The molecule has 1 N–H and O–H groups in total. The van der Waals surface area contributed by atoms with Gasteiger partial charge < -0.3 is 19.3 Å². The molecule has 3 aromatic rings. The number of rotatable bonds is 11. The number of aromatic nitrogens is 2. The predicted octanol–water partition coefficient (Wildman–Crippen LogP) is 6.96. The van der Waals surface area contributed by atoms with Gasteiger partial charge in [-0.3, -0.25) is 4.79 Å². The number of hydrogen-bond acceptors (Lipinski definition) is 7. The number of hydrogen-bond donors (Lipinski definition) is 1. The van der Waals surface area contributed by atoms with E-state index in [1.54, 1.807) is 26.1 Å². The molecule has 0 unspecified atom stereocenters. The van der Waals surface area contributed by atoms with Crippen molar-refractivity contribution in [1.82, 2.24) is 9.97 Å². The number of unbranched alkanes of at least 4 members (excludes halogenated alkanes) is 1. The maximum Gasteiger partial charge on any atom is 0.417 e. The van der Waals surface area contributed by atoms with Crippen molar-refractivity contribution in [3.05, 3.63) is 70.3 Å². The summed E-state index contributed by atoms with van der Waals surface area (Å²) in [6.07, 6.45) is 0.535. The molecule has 3 atom stereocenters. The number of pyridine rings is 2. The number of fused-ring (bicyclic) bond motifs is 3. The summed E-state index contributed by atoms with van der Waals surface area (Å²) < 4.78 is 74.0. The fraction of sp³-hybridized carbons (Fsp3) is 0.500. The zero-order valence-electron chi connectivity index (χ0n) is 25.4. The molecule has 240 valence electrons. The first-order valence-electron chi connectivity index (χ1n) is 15.4. The number of aliphatic hydroxyl groups is 1. The highest BCUT2D eigenvalue weighted by Gasteiger charge is 2.60. The molecule has 0 radical (unpaired) electrons. The Morgan fingerprint density at radius 3 is 2.58 bits per heavy atom. The lowest BCUT2D eigenvalue weighted by Gasteiger charge is -2.40. The molecule has 2 aromatic heterocycles. The molecule has 6 rings (SSSR count). The largest absolute Gasteiger partial charge is 0.477 e. The number of benzene rings is 1. The second-order valence-electron chi connectivity index (χ2n) is 12.8. The van der Waals surface area contributed by atoms with Crippen molar-refractivity contribution in [3.8, 4) is 22.9 Å². The minimum Gasteiger partial charge on any atom is -0.477 e. The molecule has 1 aromatic carbocycles. The van der Waals surface area contributed by atoms with Gasteiger partial charge >= 0.3 is 12.1 Å². The van der Waals surface area contributed by atoms with Crippen LogP contribution in [0.4, 0.5) is 17.6 Å². The molecular weight excluding hydrogens is 592 g/mol. The van der Waals surface area contributed by atoms with E-state index >= 15 is 4.39 Å². The van der Waals surface area contributed by atoms with Crippen molar-refractivity contribution >= 4 is 5.97 Å². The van der Waals surface area contributed by atoms with Crippen LogP contribution in [-0.4, -0.2) is 39.9 Å². The second-order valence-corrected chi connectivity index (χ2v) is 12.8. The highest BCUT2D eigenvalue weighted by molar-refractivity contribution is 5.79. The van der Waals surface area contributed by atoms with Gasteiger partial charge in [0.25, 0.3) is 0 Å². The summed E-state index contributed by atoms with van der Waals surface area (Å²) in [4.78, 5) is 21.1. The number of esters is 1. The molecule has 3 aliphatic carbocycles. The Labute approximate surface area is 258 Å². The van der Waals surface area contributed by atoms with Gasteiger partial charge in [-0.2, -0.15) is 13.2 Å². The summed E-state index contributed by atoms with van der Waals surface area (Å²) in [6, 6.07) is 6.37. The zero-order valence-corrected chi connectivity index (χ0v) is 25.4. The van der Waals surface area contributed by atoms with E-state index in [-0.39, 0.29) is 64.7 Å². The van der Waals surface area contributed by atoms with Crippen LogP contribution < -0.4 is 9.47 Å². The molecular formula is C34H36F4N2O5. The van der Waals surface area contributed by atoms with Crippen molar-refractivity contribution in [2.45, 2.75) is 77.2 Å². The standard InChI is InChI=1S/C34H36F4N2O5/c1-4-5-8-43-32(41)31-24-9-20-11-29(39-15-25(20)30(24)31)45-17-21-10-23(26(12-27(21)35)34(36,37)38)22-6-7-28(40-18(22)2)44-16-19-13-33(3,42)14-19/h6-7,10-12,15,19,24,30-31,42H,4-5,8-9,13-14,16-17H2,1-3H3/t19-,24-,30-,31+,33+/m1/s1. The molecule has 0 saturated heterocycles. The summed E-state index contributed by atoms with van der Waals surface area (Å²) in [6.45, 7) is 5.80. The molecule has 45 heavy (non-hydrogen) atoms. The van der Waals surface area contributed by atoms with Crippen LogP contribution in [0.2, 0.25) is 0 Å². The number of halogens is 4. The summed E-state index contributed by atoms with van der Waals surface area (Å²) in [5.74, 6) is -0.443. The van der Waals surface area contributed by atoms with Gasteiger partial charge in [0.15, 0.2) is 0 Å².